The number of ether oxygens (including phenoxy) is 1. The largest absolute Gasteiger partial charge is 0.371 e. The van der Waals surface area contributed by atoms with Crippen molar-refractivity contribution in [3.05, 3.63) is 11.7 Å². The molecule has 2 rings (SSSR count). The van der Waals surface area contributed by atoms with Crippen molar-refractivity contribution in [1.82, 2.24) is 25.7 Å². The molecule has 27 heavy (non-hydrogen) atoms. The topological polar surface area (TPSA) is 105 Å². The number of carbonyl (C=O) groups is 1. The van der Waals surface area contributed by atoms with Gasteiger partial charge in [0.2, 0.25) is 11.8 Å². The third-order valence-electron chi connectivity index (χ3n) is 4.23. The van der Waals surface area contributed by atoms with Crippen molar-refractivity contribution in [2.75, 3.05) is 26.7 Å². The molecule has 1 aliphatic heterocycles. The van der Waals surface area contributed by atoms with Crippen LogP contribution in [-0.2, 0) is 16.1 Å². The Bertz CT molecular complexity index is 622. The number of amides is 1. The molecule has 0 aromatic carbocycles. The molecule has 2 N–H and O–H groups in total. The van der Waals surface area contributed by atoms with Crippen LogP contribution < -0.4 is 10.6 Å². The van der Waals surface area contributed by atoms with Gasteiger partial charge in [0.15, 0.2) is 11.8 Å². The van der Waals surface area contributed by atoms with E-state index in [1.165, 1.54) is 0 Å². The summed E-state index contributed by atoms with van der Waals surface area (Å²) < 4.78 is 10.7. The lowest BCUT2D eigenvalue weighted by molar-refractivity contribution is -0.133. The van der Waals surface area contributed by atoms with Crippen molar-refractivity contribution in [3.8, 4) is 0 Å². The average molecular weight is 494 g/mol. The third-order valence-corrected chi connectivity index (χ3v) is 4.23. The number of nitrogens with zero attached hydrogens (tertiary/aromatic N) is 4. The van der Waals surface area contributed by atoms with Crippen molar-refractivity contribution in [2.45, 2.75) is 52.8 Å². The number of carbonyl (C=O) groups excluding carboxylic acids is 1. The summed E-state index contributed by atoms with van der Waals surface area (Å²) in [4.78, 5) is 22.5. The van der Waals surface area contributed by atoms with Gasteiger partial charge in [-0.1, -0.05) is 19.0 Å². The van der Waals surface area contributed by atoms with Gasteiger partial charge in [-0.15, -0.1) is 24.0 Å². The molecule has 2 atom stereocenters. The number of aromatic nitrogens is 2. The number of halogens is 1. The van der Waals surface area contributed by atoms with Crippen molar-refractivity contribution in [3.63, 3.8) is 0 Å². The van der Waals surface area contributed by atoms with Crippen molar-refractivity contribution < 1.29 is 14.1 Å². The van der Waals surface area contributed by atoms with E-state index in [1.54, 1.807) is 7.05 Å². The monoisotopic (exact) mass is 494 g/mol. The summed E-state index contributed by atoms with van der Waals surface area (Å²) in [6, 6.07) is 0.181. The zero-order valence-electron chi connectivity index (χ0n) is 16.7. The fourth-order valence-electron chi connectivity index (χ4n) is 2.82. The molecule has 1 aromatic rings. The van der Waals surface area contributed by atoms with Crippen LogP contribution in [-0.4, -0.2) is 59.7 Å². The van der Waals surface area contributed by atoms with Gasteiger partial charge in [-0.2, -0.15) is 4.98 Å². The van der Waals surface area contributed by atoms with Crippen LogP contribution in [0, 0.1) is 5.92 Å². The van der Waals surface area contributed by atoms with E-state index in [0.29, 0.717) is 37.4 Å². The van der Waals surface area contributed by atoms with E-state index in [4.69, 9.17) is 9.26 Å². The van der Waals surface area contributed by atoms with Gasteiger partial charge >= 0.3 is 0 Å². The predicted octanol–water partition coefficient (Wildman–Crippen LogP) is 1.71. The standard InChI is InChI=1S/C17H30N6O3.HI/c1-6-25-12(4)15-21-14(26-22-15)9-19-17(18-5)20-13-7-8-23(10-13)16(24)11(2)3;/h11-13H,6-10H2,1-5H3,(H2,18,19,20);1H. The number of rotatable bonds is 7. The molecule has 1 amide bonds. The summed E-state index contributed by atoms with van der Waals surface area (Å²) in [5.41, 5.74) is 0. The number of hydrogen-bond donors (Lipinski definition) is 2. The molecule has 1 aromatic heterocycles. The molecule has 154 valence electrons. The highest BCUT2D eigenvalue weighted by Crippen LogP contribution is 2.13. The fraction of sp³-hybridized carbons (Fsp3) is 0.765. The van der Waals surface area contributed by atoms with E-state index in [1.807, 2.05) is 32.6 Å². The smallest absolute Gasteiger partial charge is 0.246 e. The molecule has 2 unspecified atom stereocenters. The molecular weight excluding hydrogens is 463 g/mol. The summed E-state index contributed by atoms with van der Waals surface area (Å²) in [6.07, 6.45) is 0.702. The number of nitrogens with one attached hydrogen (secondary N) is 2. The molecule has 2 heterocycles. The lowest BCUT2D eigenvalue weighted by atomic mass is 10.2. The second-order valence-electron chi connectivity index (χ2n) is 6.64. The molecule has 9 nitrogen and oxygen atoms in total. The summed E-state index contributed by atoms with van der Waals surface area (Å²) in [5, 5.41) is 10.4. The van der Waals surface area contributed by atoms with Crippen LogP contribution >= 0.6 is 24.0 Å². The quantitative estimate of drug-likeness (QED) is 0.338. The highest BCUT2D eigenvalue weighted by Gasteiger charge is 2.28. The third kappa shape index (κ3) is 6.91. The van der Waals surface area contributed by atoms with Gasteiger partial charge in [0.25, 0.3) is 0 Å². The first-order valence-corrected chi connectivity index (χ1v) is 9.14. The van der Waals surface area contributed by atoms with Crippen LogP contribution in [0.25, 0.3) is 0 Å². The Kier molecular flexibility index (Phi) is 9.99. The van der Waals surface area contributed by atoms with Gasteiger partial charge in [-0.3, -0.25) is 9.79 Å². The van der Waals surface area contributed by atoms with Crippen molar-refractivity contribution >= 4 is 35.8 Å². The number of hydrogen-bond acceptors (Lipinski definition) is 6. The Morgan fingerprint density at radius 3 is 2.81 bits per heavy atom. The van der Waals surface area contributed by atoms with Crippen LogP contribution in [0.4, 0.5) is 0 Å². The Labute approximate surface area is 177 Å². The maximum atomic E-state index is 12.1. The Morgan fingerprint density at radius 2 is 2.19 bits per heavy atom. The normalized spacial score (nSPS) is 18.4. The predicted molar refractivity (Wildman–Crippen MR) is 113 cm³/mol. The van der Waals surface area contributed by atoms with E-state index >= 15 is 0 Å². The van der Waals surface area contributed by atoms with Crippen LogP contribution in [0.5, 0.6) is 0 Å². The highest BCUT2D eigenvalue weighted by atomic mass is 127. The Hall–Kier alpha value is -1.43. The lowest BCUT2D eigenvalue weighted by Gasteiger charge is -2.20. The molecule has 0 aliphatic carbocycles. The van der Waals surface area contributed by atoms with Crippen LogP contribution in [0.3, 0.4) is 0 Å². The van der Waals surface area contributed by atoms with E-state index in [0.717, 1.165) is 13.0 Å². The Balaban J connectivity index is 0.00000364. The fourth-order valence-corrected chi connectivity index (χ4v) is 2.82. The first-order valence-electron chi connectivity index (χ1n) is 9.14. The van der Waals surface area contributed by atoms with Crippen LogP contribution in [0.1, 0.15) is 51.9 Å². The first kappa shape index (κ1) is 23.6. The van der Waals surface area contributed by atoms with E-state index < -0.39 is 0 Å². The minimum absolute atomic E-state index is 0. The SMILES string of the molecule is CCOC(C)c1noc(CNC(=NC)NC2CCN(C(=O)C(C)C)C2)n1.I. The van der Waals surface area contributed by atoms with E-state index in [9.17, 15) is 4.79 Å². The first-order chi connectivity index (χ1) is 12.4. The van der Waals surface area contributed by atoms with Gasteiger partial charge in [-0.25, -0.2) is 0 Å². The zero-order chi connectivity index (χ0) is 19.1. The van der Waals surface area contributed by atoms with Crippen molar-refractivity contribution in [1.29, 1.82) is 0 Å². The molecule has 0 radical (unpaired) electrons. The maximum Gasteiger partial charge on any atom is 0.246 e. The maximum absolute atomic E-state index is 12.1. The molecular formula is C17H31IN6O3. The van der Waals surface area contributed by atoms with Crippen LogP contribution in [0.15, 0.2) is 9.52 Å². The zero-order valence-corrected chi connectivity index (χ0v) is 19.0. The van der Waals surface area contributed by atoms with Crippen molar-refractivity contribution in [2.24, 2.45) is 10.9 Å². The van der Waals surface area contributed by atoms with E-state index in [-0.39, 0.29) is 47.9 Å². The van der Waals surface area contributed by atoms with Gasteiger partial charge in [0.1, 0.15) is 6.10 Å². The summed E-state index contributed by atoms with van der Waals surface area (Å²) in [5.74, 6) is 1.87. The molecule has 1 aliphatic rings. The van der Waals surface area contributed by atoms with Gasteiger partial charge in [0.05, 0.1) is 6.54 Å². The summed E-state index contributed by atoms with van der Waals surface area (Å²) >= 11 is 0. The molecule has 1 fully saturated rings. The minimum Gasteiger partial charge on any atom is -0.371 e. The van der Waals surface area contributed by atoms with Crippen LogP contribution in [0.2, 0.25) is 0 Å². The average Bonchev–Trinajstić information content (AvgIpc) is 3.27. The van der Waals surface area contributed by atoms with Gasteiger partial charge in [0, 0.05) is 38.7 Å². The molecule has 10 heteroatoms. The number of aliphatic imine (C=N–C) groups is 1. The molecule has 1 saturated heterocycles. The summed E-state index contributed by atoms with van der Waals surface area (Å²) in [6.45, 7) is 10.1. The lowest BCUT2D eigenvalue weighted by Crippen LogP contribution is -2.45. The minimum atomic E-state index is -0.196. The molecule has 0 bridgehead atoms. The summed E-state index contributed by atoms with van der Waals surface area (Å²) in [7, 11) is 1.71. The van der Waals surface area contributed by atoms with Gasteiger partial charge in [-0.05, 0) is 20.3 Å². The molecule has 0 saturated carbocycles. The molecule has 0 spiro atoms. The second-order valence-corrected chi connectivity index (χ2v) is 6.64. The second kappa shape index (κ2) is 11.4. The van der Waals surface area contributed by atoms with E-state index in [2.05, 4.69) is 25.8 Å². The number of guanidine groups is 1. The van der Waals surface area contributed by atoms with Gasteiger partial charge < -0.3 is 24.8 Å². The number of likely N-dealkylation sites (tertiary alicyclic amines) is 1. The Morgan fingerprint density at radius 1 is 1.44 bits per heavy atom. The highest BCUT2D eigenvalue weighted by molar-refractivity contribution is 14.0.